The smallest absolute Gasteiger partial charge is 0.320 e. The molecule has 0 aliphatic carbocycles. The third kappa shape index (κ3) is 4.16. The van der Waals surface area contributed by atoms with Crippen molar-refractivity contribution >= 4 is 28.6 Å². The molecule has 0 fully saturated rings. The summed E-state index contributed by atoms with van der Waals surface area (Å²) in [7, 11) is 1.58. The minimum atomic E-state index is 0.0221. The zero-order valence-electron chi connectivity index (χ0n) is 13.9. The van der Waals surface area contributed by atoms with Gasteiger partial charge in [-0.05, 0) is 26.2 Å². The van der Waals surface area contributed by atoms with E-state index in [1.807, 2.05) is 18.4 Å². The van der Waals surface area contributed by atoms with E-state index in [9.17, 15) is 0 Å². The van der Waals surface area contributed by atoms with Crippen LogP contribution in [0.1, 0.15) is 39.5 Å². The van der Waals surface area contributed by atoms with Crippen LogP contribution in [0.3, 0.4) is 0 Å². The Balaban J connectivity index is 2.34. The highest BCUT2D eigenvalue weighted by atomic mass is 35.5. The van der Waals surface area contributed by atoms with Crippen LogP contribution in [0, 0.1) is 0 Å². The number of anilines is 1. The van der Waals surface area contributed by atoms with E-state index in [4.69, 9.17) is 26.8 Å². The van der Waals surface area contributed by atoms with Crippen LogP contribution in [-0.2, 0) is 6.54 Å². The fourth-order valence-electron chi connectivity index (χ4n) is 2.20. The van der Waals surface area contributed by atoms with Crippen LogP contribution in [0.5, 0.6) is 12.0 Å². The molecule has 2 heterocycles. The Hall–Kier alpha value is -1.76. The summed E-state index contributed by atoms with van der Waals surface area (Å²) in [5, 5.41) is 0. The van der Waals surface area contributed by atoms with Crippen LogP contribution < -0.4 is 15.2 Å². The highest BCUT2D eigenvalue weighted by Gasteiger charge is 2.18. The van der Waals surface area contributed by atoms with Crippen molar-refractivity contribution in [3.05, 3.63) is 0 Å². The van der Waals surface area contributed by atoms with Gasteiger partial charge in [0.2, 0.25) is 0 Å². The molecule has 2 N–H and O–H groups in total. The number of fused-ring (bicyclic) bond motifs is 1. The van der Waals surface area contributed by atoms with Gasteiger partial charge in [-0.15, -0.1) is 11.6 Å². The fraction of sp³-hybridized carbons (Fsp3) is 0.667. The van der Waals surface area contributed by atoms with Gasteiger partial charge in [0.05, 0.1) is 13.2 Å². The van der Waals surface area contributed by atoms with E-state index in [0.29, 0.717) is 28.9 Å². The number of unbranched alkanes of at least 4 members (excludes halogenated alkanes) is 2. The number of hydrogen-bond donors (Lipinski definition) is 1. The molecule has 0 amide bonds. The number of alkyl halides is 1. The number of ether oxygens (including phenoxy) is 2. The van der Waals surface area contributed by atoms with Crippen molar-refractivity contribution in [1.29, 1.82) is 0 Å². The summed E-state index contributed by atoms with van der Waals surface area (Å²) in [6.07, 6.45) is 3.86. The first kappa shape index (κ1) is 17.6. The third-order valence-electron chi connectivity index (χ3n) is 3.65. The number of aryl methyl sites for hydroxylation is 1. The quantitative estimate of drug-likeness (QED) is 0.557. The molecule has 2 aromatic rings. The van der Waals surface area contributed by atoms with E-state index in [-0.39, 0.29) is 12.1 Å². The van der Waals surface area contributed by atoms with Crippen LogP contribution in [0.25, 0.3) is 11.2 Å². The Morgan fingerprint density at radius 2 is 2.00 bits per heavy atom. The molecule has 2 rings (SSSR count). The highest BCUT2D eigenvalue weighted by Crippen LogP contribution is 2.26. The summed E-state index contributed by atoms with van der Waals surface area (Å²) in [5.41, 5.74) is 7.18. The Morgan fingerprint density at radius 3 is 2.65 bits per heavy atom. The van der Waals surface area contributed by atoms with Gasteiger partial charge in [-0.2, -0.15) is 15.0 Å². The molecule has 1 atom stereocenters. The maximum atomic E-state index is 6.01. The maximum absolute atomic E-state index is 6.01. The van der Waals surface area contributed by atoms with E-state index >= 15 is 0 Å². The summed E-state index contributed by atoms with van der Waals surface area (Å²) < 4.78 is 12.9. The van der Waals surface area contributed by atoms with Gasteiger partial charge in [-0.25, -0.2) is 0 Å². The summed E-state index contributed by atoms with van der Waals surface area (Å²) in [6.45, 7) is 4.74. The second-order valence-electron chi connectivity index (χ2n) is 5.40. The zero-order valence-corrected chi connectivity index (χ0v) is 14.6. The van der Waals surface area contributed by atoms with Gasteiger partial charge >= 0.3 is 6.01 Å². The Bertz CT molecular complexity index is 646. The number of methoxy groups -OCH3 is 1. The lowest BCUT2D eigenvalue weighted by Gasteiger charge is -2.11. The molecule has 0 aliphatic rings. The van der Waals surface area contributed by atoms with Crippen molar-refractivity contribution in [3.63, 3.8) is 0 Å². The van der Waals surface area contributed by atoms with Crippen LogP contribution in [0.2, 0.25) is 0 Å². The second kappa shape index (κ2) is 8.19. The number of nitrogens with two attached hydrogens (primary N) is 1. The molecular formula is C15H24ClN5O2. The van der Waals surface area contributed by atoms with E-state index in [1.165, 1.54) is 0 Å². The van der Waals surface area contributed by atoms with Crippen molar-refractivity contribution in [2.75, 3.05) is 18.7 Å². The van der Waals surface area contributed by atoms with Gasteiger partial charge in [0.15, 0.2) is 17.0 Å². The predicted molar refractivity (Wildman–Crippen MR) is 91.2 cm³/mol. The lowest BCUT2D eigenvalue weighted by atomic mass is 10.2. The number of halogens is 1. The number of rotatable bonds is 9. The molecule has 7 nitrogen and oxygen atoms in total. The average molecular weight is 342 g/mol. The zero-order chi connectivity index (χ0) is 16.8. The van der Waals surface area contributed by atoms with E-state index in [1.54, 1.807) is 7.11 Å². The molecule has 2 aromatic heterocycles. The Kier molecular flexibility index (Phi) is 6.27. The normalized spacial score (nSPS) is 12.5. The highest BCUT2D eigenvalue weighted by molar-refractivity contribution is 6.17. The SMILES string of the molecule is CC[C@H](C)Oc1nc(N)c2nc(OC)n(CCCCCCl)c2n1. The topological polar surface area (TPSA) is 88.1 Å². The molecular weight excluding hydrogens is 318 g/mol. The number of nitrogen functional groups attached to an aromatic ring is 1. The standard InChI is InChI=1S/C15H24ClN5O2/c1-4-10(2)23-14-19-12(17)11-13(20-14)21(15(18-11)22-3)9-7-5-6-8-16/h10H,4-9H2,1-3H3,(H2,17,19,20)/t10-/m0/s1. The van der Waals surface area contributed by atoms with Crippen molar-refractivity contribution in [2.24, 2.45) is 0 Å². The average Bonchev–Trinajstić information content (AvgIpc) is 2.90. The van der Waals surface area contributed by atoms with Crippen LogP contribution in [0.4, 0.5) is 5.82 Å². The van der Waals surface area contributed by atoms with Crippen molar-refractivity contribution in [2.45, 2.75) is 52.2 Å². The second-order valence-corrected chi connectivity index (χ2v) is 5.78. The number of nitrogens with zero attached hydrogens (tertiary/aromatic N) is 4. The van der Waals surface area contributed by atoms with E-state index in [0.717, 1.165) is 32.2 Å². The largest absolute Gasteiger partial charge is 0.468 e. The molecule has 23 heavy (non-hydrogen) atoms. The molecule has 0 saturated heterocycles. The molecule has 0 unspecified atom stereocenters. The Morgan fingerprint density at radius 1 is 1.22 bits per heavy atom. The summed E-state index contributed by atoms with van der Waals surface area (Å²) in [4.78, 5) is 13.0. The van der Waals surface area contributed by atoms with Crippen molar-refractivity contribution in [1.82, 2.24) is 19.5 Å². The van der Waals surface area contributed by atoms with Gasteiger partial charge in [-0.3, -0.25) is 4.57 Å². The number of hydrogen-bond acceptors (Lipinski definition) is 6. The number of imidazole rings is 1. The summed E-state index contributed by atoms with van der Waals surface area (Å²) >= 11 is 5.72. The molecule has 0 radical (unpaired) electrons. The van der Waals surface area contributed by atoms with Gasteiger partial charge < -0.3 is 15.2 Å². The minimum absolute atomic E-state index is 0.0221. The molecule has 128 valence electrons. The number of aromatic nitrogens is 4. The lowest BCUT2D eigenvalue weighted by molar-refractivity contribution is 0.200. The molecule has 0 aromatic carbocycles. The Labute approximate surface area is 141 Å². The van der Waals surface area contributed by atoms with Gasteiger partial charge in [-0.1, -0.05) is 13.3 Å². The van der Waals surface area contributed by atoms with Gasteiger partial charge in [0, 0.05) is 12.4 Å². The van der Waals surface area contributed by atoms with Gasteiger partial charge in [0.25, 0.3) is 6.01 Å². The minimum Gasteiger partial charge on any atom is -0.468 e. The fourth-order valence-corrected chi connectivity index (χ4v) is 2.38. The third-order valence-corrected chi connectivity index (χ3v) is 3.91. The predicted octanol–water partition coefficient (Wildman–Crippen LogP) is 3.00. The van der Waals surface area contributed by atoms with Crippen LogP contribution in [-0.4, -0.2) is 38.6 Å². The van der Waals surface area contributed by atoms with Crippen molar-refractivity contribution in [3.8, 4) is 12.0 Å². The van der Waals surface area contributed by atoms with Crippen molar-refractivity contribution < 1.29 is 9.47 Å². The first-order chi connectivity index (χ1) is 11.1. The molecule has 0 saturated carbocycles. The lowest BCUT2D eigenvalue weighted by Crippen LogP contribution is -2.13. The van der Waals surface area contributed by atoms with Crippen LogP contribution in [0.15, 0.2) is 0 Å². The molecule has 0 aliphatic heterocycles. The molecule has 0 bridgehead atoms. The van der Waals surface area contributed by atoms with E-state index in [2.05, 4.69) is 15.0 Å². The first-order valence-electron chi connectivity index (χ1n) is 7.91. The monoisotopic (exact) mass is 341 g/mol. The first-order valence-corrected chi connectivity index (χ1v) is 8.44. The summed E-state index contributed by atoms with van der Waals surface area (Å²) in [5.74, 6) is 0.968. The van der Waals surface area contributed by atoms with E-state index < -0.39 is 0 Å². The van der Waals surface area contributed by atoms with Crippen LogP contribution >= 0.6 is 11.6 Å². The molecule has 8 heteroatoms. The summed E-state index contributed by atoms with van der Waals surface area (Å²) in [6, 6.07) is 0.751. The maximum Gasteiger partial charge on any atom is 0.320 e. The molecule has 0 spiro atoms. The van der Waals surface area contributed by atoms with Gasteiger partial charge in [0.1, 0.15) is 0 Å².